The summed E-state index contributed by atoms with van der Waals surface area (Å²) in [4.78, 5) is 0. The molecule has 2 aliphatic rings. The van der Waals surface area contributed by atoms with Gasteiger partial charge in [0.15, 0.2) is 0 Å². The quantitative estimate of drug-likeness (QED) is 0.146. The molecule has 5 aromatic carbocycles. The van der Waals surface area contributed by atoms with Crippen molar-refractivity contribution in [3.8, 4) is 22.3 Å². The van der Waals surface area contributed by atoms with E-state index in [4.69, 9.17) is 0 Å². The SMILES string of the molecule is [CH3][Hf]([CH3])([CH3])(=[SiH2])([CH2]Cc1ccccc1)([CH]1C=Cc2c(-c3ccccc3)cccc21)[CH]1C=Cc2c(-c3ccccc3)cccc21. The Balaban J connectivity index is 1.45. The number of fused-ring (bicyclic) bond motifs is 2. The first-order chi connectivity index (χ1) is 20.5. The second kappa shape index (κ2) is 9.09. The van der Waals surface area contributed by atoms with Gasteiger partial charge in [0.2, 0.25) is 0 Å². The zero-order valence-electron chi connectivity index (χ0n) is 25.7. The average molecular weight is 741 g/mol. The molecule has 0 bridgehead atoms. The summed E-state index contributed by atoms with van der Waals surface area (Å²) in [5.41, 5.74) is 12.6. The fraction of sp³-hybridized carbons (Fsp3) is 0.171. The van der Waals surface area contributed by atoms with Gasteiger partial charge in [-0.05, 0) is 0 Å². The second-order valence-electron chi connectivity index (χ2n) is 16.6. The van der Waals surface area contributed by atoms with E-state index in [1.54, 1.807) is 0 Å². The summed E-state index contributed by atoms with van der Waals surface area (Å²) < 4.78 is 10.4. The summed E-state index contributed by atoms with van der Waals surface area (Å²) in [6, 6.07) is 47.1. The number of rotatable bonds is 7. The zero-order chi connectivity index (χ0) is 29.8. The molecule has 0 N–H and O–H groups in total. The minimum absolute atomic E-state index is 0.381. The van der Waals surface area contributed by atoms with Gasteiger partial charge in [-0.1, -0.05) is 0 Å². The van der Waals surface area contributed by atoms with E-state index in [1.807, 2.05) is 0 Å². The van der Waals surface area contributed by atoms with E-state index in [0.29, 0.717) is 7.35 Å². The Labute approximate surface area is 253 Å². The summed E-state index contributed by atoms with van der Waals surface area (Å²) in [5, 5.41) is 0. The predicted octanol–water partition coefficient (Wildman–Crippen LogP) is 11.0. The van der Waals surface area contributed by atoms with Crippen LogP contribution in [0.3, 0.4) is 0 Å². The number of aryl methyl sites for hydroxylation is 1. The summed E-state index contributed by atoms with van der Waals surface area (Å²) in [6.45, 7) is 2.47. The molecule has 0 aromatic heterocycles. The molecule has 0 heterocycles. The molecular weight excluding hydrogens is 699 g/mol. The average Bonchev–Trinajstić information content (AvgIpc) is 3.69. The summed E-state index contributed by atoms with van der Waals surface area (Å²) in [5.74, 6) is 0. The van der Waals surface area contributed by atoms with Crippen LogP contribution in [0.2, 0.25) is 18.2 Å². The Bertz CT molecular complexity index is 1930. The molecule has 5 aromatic rings. The van der Waals surface area contributed by atoms with Crippen LogP contribution in [-0.4, -0.2) is 6.94 Å². The fourth-order valence-electron chi connectivity index (χ4n) is 8.83. The molecule has 0 aliphatic heterocycles. The van der Waals surface area contributed by atoms with Crippen molar-refractivity contribution in [2.75, 3.05) is 0 Å². The van der Waals surface area contributed by atoms with E-state index in [1.165, 1.54) is 54.2 Å². The van der Waals surface area contributed by atoms with Crippen LogP contribution < -0.4 is 0 Å². The van der Waals surface area contributed by atoms with Crippen LogP contribution in [0.4, 0.5) is 0 Å². The third-order valence-corrected chi connectivity index (χ3v) is 57.3. The van der Waals surface area contributed by atoms with Gasteiger partial charge < -0.3 is 0 Å². The van der Waals surface area contributed by atoms with Crippen molar-refractivity contribution < 1.29 is 14.2 Å². The van der Waals surface area contributed by atoms with Gasteiger partial charge in [0.1, 0.15) is 0 Å². The molecule has 214 valence electrons. The molecule has 43 heavy (non-hydrogen) atoms. The van der Waals surface area contributed by atoms with Gasteiger partial charge >= 0.3 is 255 Å². The molecule has 2 atom stereocenters. The molecule has 2 aliphatic carbocycles. The number of benzene rings is 5. The van der Waals surface area contributed by atoms with Crippen molar-refractivity contribution in [3.63, 3.8) is 0 Å². The summed E-state index contributed by atoms with van der Waals surface area (Å²) in [6.07, 6.45) is 11.3. The zero-order valence-corrected chi connectivity index (χ0v) is 30.7. The number of hydrogen-bond acceptors (Lipinski definition) is 0. The van der Waals surface area contributed by atoms with Gasteiger partial charge in [0.25, 0.3) is 0 Å². The van der Waals surface area contributed by atoms with Gasteiger partial charge in [0.05, 0.1) is 0 Å². The van der Waals surface area contributed by atoms with Crippen LogP contribution in [0.25, 0.3) is 34.4 Å². The molecule has 0 spiro atoms. The van der Waals surface area contributed by atoms with Crippen LogP contribution in [-0.2, 0) is 20.6 Å². The van der Waals surface area contributed by atoms with Crippen LogP contribution in [0.5, 0.6) is 0 Å². The van der Waals surface area contributed by atoms with Crippen LogP contribution in [0, 0.1) is 0 Å². The molecule has 0 nitrogen and oxygen atoms in total. The monoisotopic (exact) mass is 742 g/mol. The van der Waals surface area contributed by atoms with Crippen LogP contribution in [0.1, 0.15) is 35.2 Å². The predicted molar refractivity (Wildman–Crippen MR) is 188 cm³/mol. The molecule has 7 rings (SSSR count). The van der Waals surface area contributed by atoms with Crippen molar-refractivity contribution in [1.29, 1.82) is 0 Å². The molecule has 0 amide bonds. The van der Waals surface area contributed by atoms with Gasteiger partial charge in [-0.3, -0.25) is 0 Å². The summed E-state index contributed by atoms with van der Waals surface area (Å²) >= 11 is -5.06. The van der Waals surface area contributed by atoms with E-state index in [-0.39, 0.29) is 0 Å². The Kier molecular flexibility index (Phi) is 6.01. The molecule has 0 radical (unpaired) electrons. The normalized spacial score (nSPS) is 19.6. The number of allylic oxidation sites excluding steroid dienone is 2. The van der Waals surface area contributed by atoms with Crippen molar-refractivity contribution in [1.82, 2.24) is 0 Å². The Morgan fingerprint density at radius 2 is 0.930 bits per heavy atom. The van der Waals surface area contributed by atoms with Gasteiger partial charge in [0, 0.05) is 0 Å². The van der Waals surface area contributed by atoms with Crippen molar-refractivity contribution in [3.05, 3.63) is 167 Å². The van der Waals surface area contributed by atoms with E-state index in [9.17, 15) is 0 Å². The van der Waals surface area contributed by atoms with Crippen molar-refractivity contribution in [2.24, 2.45) is 0 Å². The second-order valence-corrected chi connectivity index (χ2v) is 98.3. The maximum absolute atomic E-state index is 5.06. The van der Waals surface area contributed by atoms with E-state index >= 15 is 0 Å². The maximum atomic E-state index is 2.81. The third-order valence-electron chi connectivity index (χ3n) is 11.6. The third kappa shape index (κ3) is 4.48. The van der Waals surface area contributed by atoms with E-state index < -0.39 is 14.2 Å². The Morgan fingerprint density at radius 1 is 0.512 bits per heavy atom. The number of hydrogen-bond donors (Lipinski definition) is 0. The molecule has 2 unspecified atom stereocenters. The van der Waals surface area contributed by atoms with E-state index in [0.717, 1.165) is 6.42 Å². The molecule has 0 fully saturated rings. The van der Waals surface area contributed by atoms with Gasteiger partial charge in [-0.15, -0.1) is 0 Å². The first-order valence-electron chi connectivity index (χ1n) is 15.8. The van der Waals surface area contributed by atoms with Crippen molar-refractivity contribution in [2.45, 2.75) is 32.0 Å². The van der Waals surface area contributed by atoms with Gasteiger partial charge in [-0.2, -0.15) is 0 Å². The standard InChI is InChI=1S/2C15H11.C8H9.3CH3.Hf.H2Si/c2*1-2-6-12(7-3-1)14-10-4-8-13-9-5-11-15(13)14;1-2-8-6-4-3-5-7-8;;;;;/h2*1-11H;3-7H,1-2H2;3*1H3;;1H2. The van der Waals surface area contributed by atoms with Crippen molar-refractivity contribution >= 4 is 19.1 Å². The van der Waals surface area contributed by atoms with Crippen LogP contribution in [0.15, 0.2) is 140 Å². The minimum atomic E-state index is -5.06. The summed E-state index contributed by atoms with van der Waals surface area (Å²) in [7, 11) is 0. The van der Waals surface area contributed by atoms with Crippen LogP contribution >= 0.6 is 0 Å². The molecule has 0 saturated heterocycles. The Hall–Kier alpha value is -3.33. The first kappa shape index (κ1) is 28.4. The Morgan fingerprint density at radius 3 is 1.37 bits per heavy atom. The topological polar surface area (TPSA) is 0 Å². The molecule has 0 saturated carbocycles. The van der Waals surface area contributed by atoms with E-state index in [2.05, 4.69) is 173 Å². The van der Waals surface area contributed by atoms with Gasteiger partial charge in [-0.25, -0.2) is 0 Å². The first-order valence-corrected chi connectivity index (χ1v) is 41.6. The molecule has 2 heteroatoms. The molecular formula is C41H42HfSi. The fourth-order valence-corrected chi connectivity index (χ4v) is 45.7.